The molecule has 1 aromatic carbocycles. The number of anilines is 1. The van der Waals surface area contributed by atoms with Crippen LogP contribution in [0.5, 0.6) is 0 Å². The molecule has 2 aromatic rings. The Kier molecular flexibility index (Phi) is 6.19. The topological polar surface area (TPSA) is 58.1 Å². The highest BCUT2D eigenvalue weighted by Gasteiger charge is 2.28. The lowest BCUT2D eigenvalue weighted by atomic mass is 9.97. The fourth-order valence-electron chi connectivity index (χ4n) is 3.06. The second-order valence-corrected chi connectivity index (χ2v) is 7.63. The van der Waals surface area contributed by atoms with E-state index in [0.29, 0.717) is 13.0 Å². The SMILES string of the molecule is CC[C@@H](C)NC(=O)[C@H]1CCCN(c2nc(Cc3ccc(F)cc3)ns2)C1. The van der Waals surface area contributed by atoms with Gasteiger partial charge in [0.2, 0.25) is 11.0 Å². The van der Waals surface area contributed by atoms with Gasteiger partial charge in [0.05, 0.1) is 5.92 Å². The van der Waals surface area contributed by atoms with Gasteiger partial charge in [-0.3, -0.25) is 4.79 Å². The molecule has 0 spiro atoms. The monoisotopic (exact) mass is 376 g/mol. The lowest BCUT2D eigenvalue weighted by molar-refractivity contribution is -0.125. The van der Waals surface area contributed by atoms with Crippen LogP contribution < -0.4 is 10.2 Å². The standard InChI is InChI=1S/C19H25FN4OS/c1-3-13(2)21-18(25)15-5-4-10-24(12-15)19-22-17(23-26-19)11-14-6-8-16(20)9-7-14/h6-9,13,15H,3-5,10-12H2,1-2H3,(H,21,25)/t13-,15+/m1/s1. The maximum atomic E-state index is 13.0. The van der Waals surface area contributed by atoms with E-state index in [4.69, 9.17) is 0 Å². The number of carbonyl (C=O) groups excluding carboxylic acids is 1. The fraction of sp³-hybridized carbons (Fsp3) is 0.526. The van der Waals surface area contributed by atoms with Crippen LogP contribution in [0.1, 0.15) is 44.5 Å². The van der Waals surface area contributed by atoms with E-state index in [0.717, 1.165) is 42.3 Å². The summed E-state index contributed by atoms with van der Waals surface area (Å²) in [5.41, 5.74) is 0.986. The number of piperidine rings is 1. The van der Waals surface area contributed by atoms with E-state index in [1.54, 1.807) is 12.1 Å². The maximum Gasteiger partial charge on any atom is 0.225 e. The van der Waals surface area contributed by atoms with Crippen molar-refractivity contribution >= 4 is 22.6 Å². The Bertz CT molecular complexity index is 733. The minimum atomic E-state index is -0.240. The molecule has 1 fully saturated rings. The highest BCUT2D eigenvalue weighted by Crippen LogP contribution is 2.25. The van der Waals surface area contributed by atoms with Crippen LogP contribution >= 0.6 is 11.5 Å². The molecule has 0 aliphatic carbocycles. The lowest BCUT2D eigenvalue weighted by Gasteiger charge is -2.32. The van der Waals surface area contributed by atoms with Crippen molar-refractivity contribution < 1.29 is 9.18 Å². The van der Waals surface area contributed by atoms with Crippen LogP contribution in [0.15, 0.2) is 24.3 Å². The minimum absolute atomic E-state index is 0.00204. The van der Waals surface area contributed by atoms with Gasteiger partial charge in [-0.25, -0.2) is 9.37 Å². The van der Waals surface area contributed by atoms with Crippen LogP contribution in [-0.2, 0) is 11.2 Å². The number of benzene rings is 1. The van der Waals surface area contributed by atoms with E-state index in [-0.39, 0.29) is 23.7 Å². The van der Waals surface area contributed by atoms with Crippen LogP contribution in [-0.4, -0.2) is 34.4 Å². The Balaban J connectivity index is 1.61. The summed E-state index contributed by atoms with van der Waals surface area (Å²) in [6.45, 7) is 5.69. The normalized spacial score (nSPS) is 18.6. The molecule has 1 aliphatic rings. The van der Waals surface area contributed by atoms with Crippen LogP contribution in [0, 0.1) is 11.7 Å². The summed E-state index contributed by atoms with van der Waals surface area (Å²) in [5.74, 6) is 0.640. The first-order valence-electron chi connectivity index (χ1n) is 9.17. The highest BCUT2D eigenvalue weighted by molar-refractivity contribution is 7.09. The Morgan fingerprint density at radius 3 is 2.92 bits per heavy atom. The van der Waals surface area contributed by atoms with Gasteiger partial charge in [-0.05, 0) is 43.9 Å². The predicted octanol–water partition coefficient (Wildman–Crippen LogP) is 3.40. The van der Waals surface area contributed by atoms with Crippen molar-refractivity contribution in [2.45, 2.75) is 45.6 Å². The zero-order valence-electron chi connectivity index (χ0n) is 15.2. The quantitative estimate of drug-likeness (QED) is 0.839. The summed E-state index contributed by atoms with van der Waals surface area (Å²) < 4.78 is 17.4. The second-order valence-electron chi connectivity index (χ2n) is 6.90. The molecular weight excluding hydrogens is 351 g/mol. The van der Waals surface area contributed by atoms with Crippen LogP contribution in [0.3, 0.4) is 0 Å². The van der Waals surface area contributed by atoms with Crippen molar-refractivity contribution in [1.82, 2.24) is 14.7 Å². The zero-order chi connectivity index (χ0) is 18.5. The van der Waals surface area contributed by atoms with Gasteiger partial charge >= 0.3 is 0 Å². The average Bonchev–Trinajstić information content (AvgIpc) is 3.12. The summed E-state index contributed by atoms with van der Waals surface area (Å²) in [6, 6.07) is 6.63. The van der Waals surface area contributed by atoms with E-state index >= 15 is 0 Å². The number of rotatable bonds is 6. The number of nitrogens with zero attached hydrogens (tertiary/aromatic N) is 3. The van der Waals surface area contributed by atoms with Gasteiger partial charge in [0.1, 0.15) is 11.6 Å². The van der Waals surface area contributed by atoms with E-state index in [1.807, 2.05) is 6.92 Å². The minimum Gasteiger partial charge on any atom is -0.353 e. The summed E-state index contributed by atoms with van der Waals surface area (Å²) in [6.07, 6.45) is 3.42. The molecular formula is C19H25FN4OS. The average molecular weight is 377 g/mol. The molecule has 1 amide bonds. The Morgan fingerprint density at radius 1 is 1.42 bits per heavy atom. The molecule has 1 aliphatic heterocycles. The number of hydrogen-bond donors (Lipinski definition) is 1. The first-order valence-corrected chi connectivity index (χ1v) is 9.95. The number of carbonyl (C=O) groups is 1. The van der Waals surface area contributed by atoms with Crippen molar-refractivity contribution in [3.8, 4) is 0 Å². The third-order valence-corrected chi connectivity index (χ3v) is 5.61. The molecule has 2 atom stereocenters. The fourth-order valence-corrected chi connectivity index (χ4v) is 3.78. The molecule has 0 bridgehead atoms. The summed E-state index contributed by atoms with van der Waals surface area (Å²) in [5, 5.41) is 3.95. The lowest BCUT2D eigenvalue weighted by Crippen LogP contribution is -2.45. The maximum absolute atomic E-state index is 13.0. The molecule has 3 rings (SSSR count). The molecule has 0 saturated carbocycles. The molecule has 1 N–H and O–H groups in total. The molecule has 0 radical (unpaired) electrons. The van der Waals surface area contributed by atoms with Crippen LogP contribution in [0.2, 0.25) is 0 Å². The number of hydrogen-bond acceptors (Lipinski definition) is 5. The van der Waals surface area contributed by atoms with Crippen molar-refractivity contribution in [3.05, 3.63) is 41.5 Å². The largest absolute Gasteiger partial charge is 0.353 e. The van der Waals surface area contributed by atoms with Crippen molar-refractivity contribution in [2.24, 2.45) is 5.92 Å². The molecule has 0 unspecified atom stereocenters. The Hall–Kier alpha value is -2.02. The predicted molar refractivity (Wildman–Crippen MR) is 102 cm³/mol. The van der Waals surface area contributed by atoms with Gasteiger partial charge < -0.3 is 10.2 Å². The highest BCUT2D eigenvalue weighted by atomic mass is 32.1. The van der Waals surface area contributed by atoms with Gasteiger partial charge in [0, 0.05) is 37.1 Å². The van der Waals surface area contributed by atoms with E-state index in [1.165, 1.54) is 23.7 Å². The van der Waals surface area contributed by atoms with Crippen molar-refractivity contribution in [1.29, 1.82) is 0 Å². The third-order valence-electron chi connectivity index (χ3n) is 4.80. The van der Waals surface area contributed by atoms with E-state index < -0.39 is 0 Å². The molecule has 1 saturated heterocycles. The summed E-state index contributed by atoms with van der Waals surface area (Å²) in [4.78, 5) is 19.2. The number of nitrogens with one attached hydrogen (secondary N) is 1. The van der Waals surface area contributed by atoms with Crippen molar-refractivity contribution in [3.63, 3.8) is 0 Å². The smallest absolute Gasteiger partial charge is 0.225 e. The number of amides is 1. The van der Waals surface area contributed by atoms with Gasteiger partial charge in [-0.15, -0.1) is 0 Å². The summed E-state index contributed by atoms with van der Waals surface area (Å²) >= 11 is 1.37. The van der Waals surface area contributed by atoms with Crippen LogP contribution in [0.4, 0.5) is 9.52 Å². The van der Waals surface area contributed by atoms with Gasteiger partial charge in [-0.1, -0.05) is 19.1 Å². The first-order chi connectivity index (χ1) is 12.5. The third kappa shape index (κ3) is 4.78. The zero-order valence-corrected chi connectivity index (χ0v) is 16.1. The number of halogens is 1. The second kappa shape index (κ2) is 8.58. The van der Waals surface area contributed by atoms with Crippen LogP contribution in [0.25, 0.3) is 0 Å². The van der Waals surface area contributed by atoms with Gasteiger partial charge in [0.15, 0.2) is 0 Å². The Morgan fingerprint density at radius 2 is 2.19 bits per heavy atom. The first kappa shape index (κ1) is 18.8. The summed E-state index contributed by atoms with van der Waals surface area (Å²) in [7, 11) is 0. The molecule has 140 valence electrons. The molecule has 7 heteroatoms. The van der Waals surface area contributed by atoms with Crippen molar-refractivity contribution in [2.75, 3.05) is 18.0 Å². The molecule has 26 heavy (non-hydrogen) atoms. The van der Waals surface area contributed by atoms with Gasteiger partial charge in [-0.2, -0.15) is 4.37 Å². The number of aromatic nitrogens is 2. The molecule has 2 heterocycles. The van der Waals surface area contributed by atoms with E-state index in [2.05, 4.69) is 26.5 Å². The molecule has 1 aromatic heterocycles. The van der Waals surface area contributed by atoms with E-state index in [9.17, 15) is 9.18 Å². The molecule has 5 nitrogen and oxygen atoms in total. The van der Waals surface area contributed by atoms with Gasteiger partial charge in [0.25, 0.3) is 0 Å². The Labute approximate surface area is 157 Å².